The van der Waals surface area contributed by atoms with Crippen molar-refractivity contribution in [3.05, 3.63) is 54.6 Å². The fourth-order valence-electron chi connectivity index (χ4n) is 1.52. The molecule has 0 aliphatic heterocycles. The highest BCUT2D eigenvalue weighted by Crippen LogP contribution is 2.13. The molecule has 1 atom stereocenters. The lowest BCUT2D eigenvalue weighted by molar-refractivity contribution is -0.154. The molecule has 0 fully saturated rings. The summed E-state index contributed by atoms with van der Waals surface area (Å²) in [6, 6.07) is 8.71. The van der Waals surface area contributed by atoms with Crippen LogP contribution < -0.4 is 0 Å². The molecule has 0 spiro atoms. The van der Waals surface area contributed by atoms with Crippen LogP contribution in [0.4, 0.5) is 0 Å². The van der Waals surface area contributed by atoms with Crippen molar-refractivity contribution in [2.75, 3.05) is 6.61 Å². The van der Waals surface area contributed by atoms with Gasteiger partial charge in [0.25, 0.3) is 0 Å². The van der Waals surface area contributed by atoms with Gasteiger partial charge in [-0.05, 0) is 5.56 Å². The van der Waals surface area contributed by atoms with Crippen LogP contribution in [0.3, 0.4) is 0 Å². The Morgan fingerprint density at radius 2 is 2.17 bits per heavy atom. The van der Waals surface area contributed by atoms with E-state index in [1.54, 1.807) is 47.6 Å². The van der Waals surface area contributed by atoms with Crippen LogP contribution in [-0.2, 0) is 16.1 Å². The molecule has 18 heavy (non-hydrogen) atoms. The van der Waals surface area contributed by atoms with Gasteiger partial charge >= 0.3 is 5.97 Å². The van der Waals surface area contributed by atoms with E-state index in [1.807, 2.05) is 6.07 Å². The Morgan fingerprint density at radius 3 is 2.83 bits per heavy atom. The lowest BCUT2D eigenvalue weighted by Crippen LogP contribution is -2.17. The molecule has 0 saturated carbocycles. The van der Waals surface area contributed by atoms with Crippen LogP contribution in [0.25, 0.3) is 0 Å². The Labute approximate surface area is 105 Å². The number of aliphatic hydroxyl groups is 1. The van der Waals surface area contributed by atoms with Gasteiger partial charge in [0.15, 0.2) is 6.10 Å². The molecule has 0 radical (unpaired) electrons. The maximum atomic E-state index is 11.6. The summed E-state index contributed by atoms with van der Waals surface area (Å²) in [6.45, 7) is 0.729. The minimum Gasteiger partial charge on any atom is -0.462 e. The number of carbonyl (C=O) groups is 1. The SMILES string of the molecule is O=C(OCCn1ccnc1)C(O)c1ccccc1. The van der Waals surface area contributed by atoms with Gasteiger partial charge in [-0.3, -0.25) is 0 Å². The lowest BCUT2D eigenvalue weighted by atomic mass is 10.1. The van der Waals surface area contributed by atoms with Crippen LogP contribution in [0.1, 0.15) is 11.7 Å². The molecule has 2 aromatic rings. The average Bonchev–Trinajstić information content (AvgIpc) is 2.92. The van der Waals surface area contributed by atoms with Crippen LogP contribution in [0, 0.1) is 0 Å². The van der Waals surface area contributed by atoms with Gasteiger partial charge in [0.05, 0.1) is 12.9 Å². The van der Waals surface area contributed by atoms with Gasteiger partial charge in [-0.1, -0.05) is 30.3 Å². The maximum absolute atomic E-state index is 11.6. The van der Waals surface area contributed by atoms with Crippen molar-refractivity contribution in [2.24, 2.45) is 0 Å². The largest absolute Gasteiger partial charge is 0.462 e. The zero-order valence-electron chi connectivity index (χ0n) is 9.77. The number of carbonyl (C=O) groups excluding carboxylic acids is 1. The van der Waals surface area contributed by atoms with E-state index in [0.29, 0.717) is 12.1 Å². The minimum absolute atomic E-state index is 0.207. The zero-order chi connectivity index (χ0) is 12.8. The summed E-state index contributed by atoms with van der Waals surface area (Å²) in [5, 5.41) is 9.75. The third kappa shape index (κ3) is 3.18. The van der Waals surface area contributed by atoms with Crippen LogP contribution in [0.2, 0.25) is 0 Å². The highest BCUT2D eigenvalue weighted by Gasteiger charge is 2.18. The molecule has 0 aliphatic carbocycles. The van der Waals surface area contributed by atoms with Crippen molar-refractivity contribution in [2.45, 2.75) is 12.6 Å². The van der Waals surface area contributed by atoms with Gasteiger partial charge in [-0.15, -0.1) is 0 Å². The Hall–Kier alpha value is -2.14. The molecule has 0 bridgehead atoms. The first-order valence-electron chi connectivity index (χ1n) is 5.63. The monoisotopic (exact) mass is 246 g/mol. The summed E-state index contributed by atoms with van der Waals surface area (Å²) in [5.74, 6) is -0.638. The molecular formula is C13H14N2O3. The number of esters is 1. The predicted molar refractivity (Wildman–Crippen MR) is 64.6 cm³/mol. The zero-order valence-corrected chi connectivity index (χ0v) is 9.77. The molecule has 0 amide bonds. The molecule has 2 rings (SSSR count). The van der Waals surface area contributed by atoms with Crippen molar-refractivity contribution in [1.29, 1.82) is 0 Å². The molecular weight excluding hydrogens is 232 g/mol. The van der Waals surface area contributed by atoms with E-state index in [4.69, 9.17) is 4.74 Å². The molecule has 1 N–H and O–H groups in total. The summed E-state index contributed by atoms with van der Waals surface area (Å²) < 4.78 is 6.79. The van der Waals surface area contributed by atoms with E-state index in [-0.39, 0.29) is 6.61 Å². The summed E-state index contributed by atoms with van der Waals surface area (Å²) in [7, 11) is 0. The van der Waals surface area contributed by atoms with E-state index < -0.39 is 12.1 Å². The fraction of sp³-hybridized carbons (Fsp3) is 0.231. The van der Waals surface area contributed by atoms with Gasteiger partial charge < -0.3 is 14.4 Å². The lowest BCUT2D eigenvalue weighted by Gasteiger charge is -2.11. The number of aliphatic hydroxyl groups excluding tert-OH is 1. The smallest absolute Gasteiger partial charge is 0.339 e. The van der Waals surface area contributed by atoms with Gasteiger partial charge in [-0.2, -0.15) is 0 Å². The molecule has 1 unspecified atom stereocenters. The summed E-state index contributed by atoms with van der Waals surface area (Å²) in [5.41, 5.74) is 0.533. The number of hydrogen-bond acceptors (Lipinski definition) is 4. The number of aromatic nitrogens is 2. The Bertz CT molecular complexity index is 482. The van der Waals surface area contributed by atoms with E-state index in [2.05, 4.69) is 4.98 Å². The van der Waals surface area contributed by atoms with Crippen molar-refractivity contribution < 1.29 is 14.6 Å². The van der Waals surface area contributed by atoms with E-state index in [1.165, 1.54) is 0 Å². The number of nitrogens with zero attached hydrogens (tertiary/aromatic N) is 2. The Balaban J connectivity index is 1.81. The van der Waals surface area contributed by atoms with Gasteiger partial charge in [0.2, 0.25) is 0 Å². The Morgan fingerprint density at radius 1 is 1.39 bits per heavy atom. The molecule has 5 heteroatoms. The third-order valence-corrected chi connectivity index (χ3v) is 2.49. The first-order chi connectivity index (χ1) is 8.77. The molecule has 94 valence electrons. The molecule has 0 saturated heterocycles. The highest BCUT2D eigenvalue weighted by atomic mass is 16.5. The summed E-state index contributed by atoms with van der Waals surface area (Å²) in [4.78, 5) is 15.5. The highest BCUT2D eigenvalue weighted by molar-refractivity contribution is 5.76. The number of imidazole rings is 1. The minimum atomic E-state index is -1.23. The molecule has 1 aromatic heterocycles. The quantitative estimate of drug-likeness (QED) is 0.804. The standard InChI is InChI=1S/C13H14N2O3/c16-12(11-4-2-1-3-5-11)13(17)18-9-8-15-7-6-14-10-15/h1-7,10,12,16H,8-9H2. The second-order valence-electron chi connectivity index (χ2n) is 3.78. The second kappa shape index (κ2) is 5.97. The first kappa shape index (κ1) is 12.3. The summed E-state index contributed by atoms with van der Waals surface area (Å²) in [6.07, 6.45) is 3.85. The van der Waals surface area contributed by atoms with Crippen molar-refractivity contribution in [3.8, 4) is 0 Å². The van der Waals surface area contributed by atoms with Crippen molar-refractivity contribution in [3.63, 3.8) is 0 Å². The number of ether oxygens (including phenoxy) is 1. The van der Waals surface area contributed by atoms with Crippen LogP contribution in [-0.4, -0.2) is 27.2 Å². The van der Waals surface area contributed by atoms with Crippen LogP contribution in [0.5, 0.6) is 0 Å². The first-order valence-corrected chi connectivity index (χ1v) is 5.63. The predicted octanol–water partition coefficient (Wildman–Crippen LogP) is 1.16. The van der Waals surface area contributed by atoms with Crippen molar-refractivity contribution in [1.82, 2.24) is 9.55 Å². The molecule has 5 nitrogen and oxygen atoms in total. The molecule has 1 heterocycles. The maximum Gasteiger partial charge on any atom is 0.339 e. The Kier molecular flexibility index (Phi) is 4.09. The van der Waals surface area contributed by atoms with E-state index in [0.717, 1.165) is 0 Å². The molecule has 1 aromatic carbocycles. The number of rotatable bonds is 5. The third-order valence-electron chi connectivity index (χ3n) is 2.49. The van der Waals surface area contributed by atoms with E-state index >= 15 is 0 Å². The van der Waals surface area contributed by atoms with Crippen LogP contribution >= 0.6 is 0 Å². The van der Waals surface area contributed by atoms with Crippen LogP contribution in [0.15, 0.2) is 49.1 Å². The van der Waals surface area contributed by atoms with E-state index in [9.17, 15) is 9.90 Å². The number of hydrogen-bond donors (Lipinski definition) is 1. The second-order valence-corrected chi connectivity index (χ2v) is 3.78. The number of benzene rings is 1. The average molecular weight is 246 g/mol. The van der Waals surface area contributed by atoms with Gasteiger partial charge in [0.1, 0.15) is 6.61 Å². The van der Waals surface area contributed by atoms with Gasteiger partial charge in [0, 0.05) is 12.4 Å². The fourth-order valence-corrected chi connectivity index (χ4v) is 1.52. The normalized spacial score (nSPS) is 12.1. The topological polar surface area (TPSA) is 64.4 Å². The summed E-state index contributed by atoms with van der Waals surface area (Å²) >= 11 is 0. The van der Waals surface area contributed by atoms with Gasteiger partial charge in [-0.25, -0.2) is 9.78 Å². The van der Waals surface area contributed by atoms with Crippen molar-refractivity contribution >= 4 is 5.97 Å². The molecule has 0 aliphatic rings.